The molecule has 0 amide bonds. The first-order chi connectivity index (χ1) is 6.50. The van der Waals surface area contributed by atoms with E-state index in [9.17, 15) is 0 Å². The second kappa shape index (κ2) is 7.60. The SMILES string of the molecule is [CH]1CC=CC=CCC=CC=CCC1. The van der Waals surface area contributed by atoms with Crippen LogP contribution in [0.1, 0.15) is 25.7 Å². The average molecular weight is 173 g/mol. The molecule has 0 nitrogen and oxygen atoms in total. The molecule has 0 bridgehead atoms. The number of allylic oxidation sites excluding steroid dienone is 8. The first-order valence-electron chi connectivity index (χ1n) is 4.95. The zero-order chi connectivity index (χ0) is 9.19. The molecule has 0 heteroatoms. The van der Waals surface area contributed by atoms with E-state index in [0.29, 0.717) is 0 Å². The number of rotatable bonds is 0. The Morgan fingerprint density at radius 1 is 0.538 bits per heavy atom. The minimum absolute atomic E-state index is 1.03. The quantitative estimate of drug-likeness (QED) is 0.519. The largest absolute Gasteiger partial charge is 0.0845 e. The second-order valence-electron chi connectivity index (χ2n) is 3.05. The Balaban J connectivity index is 2.38. The molecule has 0 saturated carbocycles. The molecule has 0 aromatic carbocycles. The molecule has 0 aromatic rings. The fourth-order valence-electron chi connectivity index (χ4n) is 1.15. The van der Waals surface area contributed by atoms with Crippen LogP contribution in [0.2, 0.25) is 0 Å². The molecule has 0 fully saturated rings. The van der Waals surface area contributed by atoms with Gasteiger partial charge in [0, 0.05) is 0 Å². The van der Waals surface area contributed by atoms with Crippen LogP contribution in [0.5, 0.6) is 0 Å². The molecule has 0 N–H and O–H groups in total. The van der Waals surface area contributed by atoms with Crippen molar-refractivity contribution in [3.05, 3.63) is 55.0 Å². The summed E-state index contributed by atoms with van der Waals surface area (Å²) in [6.45, 7) is 0. The third kappa shape index (κ3) is 6.15. The van der Waals surface area contributed by atoms with E-state index < -0.39 is 0 Å². The van der Waals surface area contributed by atoms with Crippen molar-refractivity contribution >= 4 is 0 Å². The maximum atomic E-state index is 2.32. The fraction of sp³-hybridized carbons (Fsp3) is 0.308. The predicted molar refractivity (Wildman–Crippen MR) is 59.3 cm³/mol. The summed E-state index contributed by atoms with van der Waals surface area (Å²) in [5.74, 6) is 0. The van der Waals surface area contributed by atoms with E-state index >= 15 is 0 Å². The molecule has 0 atom stereocenters. The Hall–Kier alpha value is -1.04. The Morgan fingerprint density at radius 3 is 1.92 bits per heavy atom. The Bertz CT molecular complexity index is 192. The molecule has 0 saturated heterocycles. The minimum atomic E-state index is 1.03. The van der Waals surface area contributed by atoms with Crippen molar-refractivity contribution in [2.45, 2.75) is 25.7 Å². The van der Waals surface area contributed by atoms with Crippen molar-refractivity contribution in [3.63, 3.8) is 0 Å². The highest BCUT2D eigenvalue weighted by Gasteiger charge is 1.83. The van der Waals surface area contributed by atoms with E-state index in [4.69, 9.17) is 0 Å². The van der Waals surface area contributed by atoms with E-state index in [0.717, 1.165) is 19.3 Å². The Morgan fingerprint density at radius 2 is 1.15 bits per heavy atom. The van der Waals surface area contributed by atoms with Crippen molar-refractivity contribution in [2.24, 2.45) is 0 Å². The van der Waals surface area contributed by atoms with Gasteiger partial charge >= 0.3 is 0 Å². The van der Waals surface area contributed by atoms with E-state index in [2.05, 4.69) is 55.0 Å². The summed E-state index contributed by atoms with van der Waals surface area (Å²) in [4.78, 5) is 0. The zero-order valence-corrected chi connectivity index (χ0v) is 8.02. The van der Waals surface area contributed by atoms with Crippen LogP contribution >= 0.6 is 0 Å². The van der Waals surface area contributed by atoms with Gasteiger partial charge in [-0.1, -0.05) is 48.6 Å². The molecule has 1 rings (SSSR count). The van der Waals surface area contributed by atoms with Crippen LogP contribution in [-0.2, 0) is 0 Å². The van der Waals surface area contributed by atoms with Crippen LogP contribution in [0, 0.1) is 6.42 Å². The first kappa shape index (κ1) is 10.0. The van der Waals surface area contributed by atoms with Gasteiger partial charge in [0.2, 0.25) is 0 Å². The highest BCUT2D eigenvalue weighted by molar-refractivity contribution is 5.09. The average Bonchev–Trinajstić information content (AvgIpc) is 2.18. The molecular formula is C13H17. The van der Waals surface area contributed by atoms with Gasteiger partial charge in [0.1, 0.15) is 0 Å². The monoisotopic (exact) mass is 173 g/mol. The van der Waals surface area contributed by atoms with Gasteiger partial charge in [-0.15, -0.1) is 0 Å². The molecule has 13 heavy (non-hydrogen) atoms. The van der Waals surface area contributed by atoms with Gasteiger partial charge in [-0.25, -0.2) is 0 Å². The molecule has 0 unspecified atom stereocenters. The summed E-state index contributed by atoms with van der Waals surface area (Å²) in [7, 11) is 0. The van der Waals surface area contributed by atoms with Crippen molar-refractivity contribution in [2.75, 3.05) is 0 Å². The van der Waals surface area contributed by atoms with E-state index in [1.54, 1.807) is 0 Å². The fourth-order valence-corrected chi connectivity index (χ4v) is 1.15. The first-order valence-corrected chi connectivity index (χ1v) is 4.95. The van der Waals surface area contributed by atoms with Crippen molar-refractivity contribution in [3.8, 4) is 0 Å². The summed E-state index contributed by atoms with van der Waals surface area (Å²) in [6, 6.07) is 0. The Labute approximate surface area is 81.4 Å². The van der Waals surface area contributed by atoms with E-state index in [1.807, 2.05) is 0 Å². The maximum Gasteiger partial charge on any atom is -0.0163 e. The van der Waals surface area contributed by atoms with Gasteiger partial charge in [-0.2, -0.15) is 0 Å². The molecule has 1 radical (unpaired) electrons. The topological polar surface area (TPSA) is 0 Å². The lowest BCUT2D eigenvalue weighted by Crippen LogP contribution is -1.72. The number of hydrogen-bond donors (Lipinski definition) is 0. The smallest absolute Gasteiger partial charge is 0.0163 e. The van der Waals surface area contributed by atoms with Crippen LogP contribution in [-0.4, -0.2) is 0 Å². The highest BCUT2D eigenvalue weighted by atomic mass is 13.9. The van der Waals surface area contributed by atoms with Crippen LogP contribution < -0.4 is 0 Å². The van der Waals surface area contributed by atoms with Gasteiger partial charge in [-0.3, -0.25) is 0 Å². The molecule has 1 aliphatic rings. The maximum absolute atomic E-state index is 2.32. The predicted octanol–water partition coefficient (Wildman–Crippen LogP) is 3.99. The molecule has 0 aromatic heterocycles. The van der Waals surface area contributed by atoms with E-state index in [1.165, 1.54) is 6.42 Å². The molecular weight excluding hydrogens is 156 g/mol. The standard InChI is InChI=1S/C13H17/c1-2-4-6-8-10-12-13-11-9-7-5-3-1/h1-4,7-9,11,13H,5-6,10,12H2. The lowest BCUT2D eigenvalue weighted by atomic mass is 10.2. The third-order valence-electron chi connectivity index (χ3n) is 1.88. The van der Waals surface area contributed by atoms with Crippen LogP contribution in [0.15, 0.2) is 48.6 Å². The van der Waals surface area contributed by atoms with Gasteiger partial charge < -0.3 is 0 Å². The normalized spacial score (nSPS) is 19.1. The molecule has 0 aliphatic heterocycles. The molecule has 0 spiro atoms. The summed E-state index contributed by atoms with van der Waals surface area (Å²) in [5, 5.41) is 0. The van der Waals surface area contributed by atoms with Gasteiger partial charge in [0.25, 0.3) is 0 Å². The van der Waals surface area contributed by atoms with Crippen LogP contribution in [0.3, 0.4) is 0 Å². The van der Waals surface area contributed by atoms with Gasteiger partial charge in [0.15, 0.2) is 0 Å². The van der Waals surface area contributed by atoms with Gasteiger partial charge in [-0.05, 0) is 32.1 Å². The van der Waals surface area contributed by atoms with Crippen LogP contribution in [0.4, 0.5) is 0 Å². The second-order valence-corrected chi connectivity index (χ2v) is 3.05. The summed E-state index contributed by atoms with van der Waals surface area (Å²) < 4.78 is 0. The minimum Gasteiger partial charge on any atom is -0.0845 e. The molecule has 0 heterocycles. The molecule has 69 valence electrons. The summed E-state index contributed by atoms with van der Waals surface area (Å²) in [6.07, 6.45) is 24.0. The van der Waals surface area contributed by atoms with Crippen molar-refractivity contribution in [1.82, 2.24) is 0 Å². The third-order valence-corrected chi connectivity index (χ3v) is 1.88. The highest BCUT2D eigenvalue weighted by Crippen LogP contribution is 2.01. The molecule has 1 aliphatic carbocycles. The van der Waals surface area contributed by atoms with Crippen molar-refractivity contribution < 1.29 is 0 Å². The number of hydrogen-bond acceptors (Lipinski definition) is 0. The lowest BCUT2D eigenvalue weighted by Gasteiger charge is -1.90. The zero-order valence-electron chi connectivity index (χ0n) is 8.02. The van der Waals surface area contributed by atoms with Crippen molar-refractivity contribution in [1.29, 1.82) is 0 Å². The van der Waals surface area contributed by atoms with Crippen LogP contribution in [0.25, 0.3) is 0 Å². The van der Waals surface area contributed by atoms with Gasteiger partial charge in [0.05, 0.1) is 0 Å². The lowest BCUT2D eigenvalue weighted by molar-refractivity contribution is 0.934. The summed E-state index contributed by atoms with van der Waals surface area (Å²) >= 11 is 0. The van der Waals surface area contributed by atoms with E-state index in [-0.39, 0.29) is 0 Å². The Kier molecular flexibility index (Phi) is 5.87. The summed E-state index contributed by atoms with van der Waals surface area (Å²) in [5.41, 5.74) is 0.